The molecule has 0 aliphatic carbocycles. The summed E-state index contributed by atoms with van der Waals surface area (Å²) in [5.41, 5.74) is 7.45. The summed E-state index contributed by atoms with van der Waals surface area (Å²) >= 11 is 0. The van der Waals surface area contributed by atoms with Crippen molar-refractivity contribution in [2.24, 2.45) is 11.7 Å². The second-order valence-electron chi connectivity index (χ2n) is 4.58. The Kier molecular flexibility index (Phi) is 6.09. The third-order valence-corrected chi connectivity index (χ3v) is 3.32. The smallest absolute Gasteiger partial charge is 0.0299 e. The number of pyridine rings is 1. The first kappa shape index (κ1) is 13.2. The summed E-state index contributed by atoms with van der Waals surface area (Å²) in [4.78, 5) is 4.12. The van der Waals surface area contributed by atoms with Crippen LogP contribution in [0.25, 0.3) is 0 Å². The molecule has 90 valence electrons. The van der Waals surface area contributed by atoms with Crippen molar-refractivity contribution in [3.63, 3.8) is 0 Å². The Morgan fingerprint density at radius 2 is 2.06 bits per heavy atom. The lowest BCUT2D eigenvalue weighted by atomic mass is 9.92. The van der Waals surface area contributed by atoms with Crippen LogP contribution in [-0.4, -0.2) is 11.0 Å². The van der Waals surface area contributed by atoms with Gasteiger partial charge in [-0.1, -0.05) is 32.8 Å². The number of aryl methyl sites for hydroxylation is 1. The van der Waals surface area contributed by atoms with Gasteiger partial charge in [-0.2, -0.15) is 0 Å². The number of nitrogens with zero attached hydrogens (tertiary/aromatic N) is 1. The van der Waals surface area contributed by atoms with Crippen LogP contribution in [0.4, 0.5) is 0 Å². The molecule has 0 fully saturated rings. The zero-order valence-electron chi connectivity index (χ0n) is 10.5. The van der Waals surface area contributed by atoms with Crippen molar-refractivity contribution < 1.29 is 0 Å². The second kappa shape index (κ2) is 7.39. The van der Waals surface area contributed by atoms with Crippen molar-refractivity contribution in [2.45, 2.75) is 52.0 Å². The molecule has 1 unspecified atom stereocenters. The minimum absolute atomic E-state index is 0.338. The molecule has 0 saturated heterocycles. The fraction of sp³-hybridized carbons (Fsp3) is 0.643. The van der Waals surface area contributed by atoms with Gasteiger partial charge in [0.1, 0.15) is 0 Å². The molecule has 0 radical (unpaired) electrons. The predicted molar refractivity (Wildman–Crippen MR) is 69.2 cm³/mol. The molecular formula is C14H24N2. The van der Waals surface area contributed by atoms with Gasteiger partial charge in [0.15, 0.2) is 0 Å². The number of hydrogen-bond acceptors (Lipinski definition) is 2. The largest absolute Gasteiger partial charge is 0.328 e. The van der Waals surface area contributed by atoms with E-state index in [0.29, 0.717) is 6.04 Å². The van der Waals surface area contributed by atoms with Crippen molar-refractivity contribution in [3.05, 3.63) is 30.1 Å². The summed E-state index contributed by atoms with van der Waals surface area (Å²) in [5, 5.41) is 0. The molecule has 0 aliphatic rings. The van der Waals surface area contributed by atoms with Gasteiger partial charge >= 0.3 is 0 Å². The molecular weight excluding hydrogens is 196 g/mol. The molecule has 0 spiro atoms. The van der Waals surface area contributed by atoms with E-state index in [1.165, 1.54) is 18.4 Å². The van der Waals surface area contributed by atoms with Gasteiger partial charge < -0.3 is 5.73 Å². The highest BCUT2D eigenvalue weighted by Gasteiger charge is 2.10. The summed E-state index contributed by atoms with van der Waals surface area (Å²) in [6.45, 7) is 4.50. The van der Waals surface area contributed by atoms with Crippen molar-refractivity contribution in [2.75, 3.05) is 0 Å². The lowest BCUT2D eigenvalue weighted by Gasteiger charge is -2.18. The van der Waals surface area contributed by atoms with Gasteiger partial charge in [0.05, 0.1) is 0 Å². The highest BCUT2D eigenvalue weighted by Crippen LogP contribution is 2.16. The molecule has 0 amide bonds. The van der Waals surface area contributed by atoms with Crippen LogP contribution in [0.3, 0.4) is 0 Å². The Bertz CT molecular complexity index is 267. The summed E-state index contributed by atoms with van der Waals surface area (Å²) in [6, 6.07) is 4.45. The summed E-state index contributed by atoms with van der Waals surface area (Å²) in [5.74, 6) is 0.795. The van der Waals surface area contributed by atoms with Gasteiger partial charge in [-0.05, 0) is 36.8 Å². The van der Waals surface area contributed by atoms with Crippen LogP contribution >= 0.6 is 0 Å². The van der Waals surface area contributed by atoms with E-state index in [-0.39, 0.29) is 0 Å². The van der Waals surface area contributed by atoms with Gasteiger partial charge in [0.25, 0.3) is 0 Å². The Morgan fingerprint density at radius 1 is 1.31 bits per heavy atom. The molecule has 2 N–H and O–H groups in total. The van der Waals surface area contributed by atoms with E-state index in [4.69, 9.17) is 5.73 Å². The molecule has 0 aliphatic heterocycles. The van der Waals surface area contributed by atoms with Crippen LogP contribution < -0.4 is 5.73 Å². The maximum atomic E-state index is 6.15. The van der Waals surface area contributed by atoms with E-state index in [2.05, 4.69) is 24.9 Å². The van der Waals surface area contributed by atoms with Gasteiger partial charge in [0.2, 0.25) is 0 Å². The van der Waals surface area contributed by atoms with Crippen molar-refractivity contribution in [3.8, 4) is 0 Å². The number of hydrogen-bond donors (Lipinski definition) is 1. The quantitative estimate of drug-likeness (QED) is 0.766. The number of nitrogens with two attached hydrogens (primary N) is 1. The van der Waals surface area contributed by atoms with Crippen LogP contribution in [0.1, 0.15) is 45.1 Å². The monoisotopic (exact) mass is 220 g/mol. The Balaban J connectivity index is 2.27. The molecule has 0 bridgehead atoms. The lowest BCUT2D eigenvalue weighted by molar-refractivity contribution is 0.397. The topological polar surface area (TPSA) is 38.9 Å². The fourth-order valence-corrected chi connectivity index (χ4v) is 2.07. The van der Waals surface area contributed by atoms with Crippen LogP contribution in [0, 0.1) is 5.92 Å². The first-order valence-corrected chi connectivity index (χ1v) is 6.40. The molecule has 0 saturated carbocycles. The predicted octanol–water partition coefficient (Wildman–Crippen LogP) is 3.17. The molecule has 1 atom stereocenters. The maximum absolute atomic E-state index is 6.15. The summed E-state index contributed by atoms with van der Waals surface area (Å²) in [6.07, 6.45) is 9.52. The standard InChI is InChI=1S/C14H24N2/c1-3-12(4-2)10-14(15)8-7-13-6-5-9-16-11-13/h5-6,9,11-12,14H,3-4,7-8,10,15H2,1-2H3. The van der Waals surface area contributed by atoms with E-state index >= 15 is 0 Å². The van der Waals surface area contributed by atoms with E-state index in [1.807, 2.05) is 18.5 Å². The summed E-state index contributed by atoms with van der Waals surface area (Å²) < 4.78 is 0. The second-order valence-corrected chi connectivity index (χ2v) is 4.58. The molecule has 1 aromatic heterocycles. The Morgan fingerprint density at radius 3 is 2.62 bits per heavy atom. The number of aromatic nitrogens is 1. The zero-order chi connectivity index (χ0) is 11.8. The van der Waals surface area contributed by atoms with E-state index in [0.717, 1.165) is 25.2 Å². The van der Waals surface area contributed by atoms with Gasteiger partial charge in [-0.25, -0.2) is 0 Å². The average Bonchev–Trinajstić information content (AvgIpc) is 2.34. The highest BCUT2D eigenvalue weighted by atomic mass is 14.6. The van der Waals surface area contributed by atoms with E-state index < -0.39 is 0 Å². The molecule has 1 rings (SSSR count). The van der Waals surface area contributed by atoms with Gasteiger partial charge in [-0.3, -0.25) is 4.98 Å². The third kappa shape index (κ3) is 4.75. The van der Waals surface area contributed by atoms with Crippen LogP contribution in [0.15, 0.2) is 24.5 Å². The molecule has 0 aromatic carbocycles. The summed E-state index contributed by atoms with van der Waals surface area (Å²) in [7, 11) is 0. The Hall–Kier alpha value is -0.890. The minimum Gasteiger partial charge on any atom is -0.328 e. The lowest BCUT2D eigenvalue weighted by Crippen LogP contribution is -2.24. The SMILES string of the molecule is CCC(CC)CC(N)CCc1cccnc1. The minimum atomic E-state index is 0.338. The molecule has 2 heteroatoms. The Labute approximate surface area is 99.3 Å². The van der Waals surface area contributed by atoms with Crippen molar-refractivity contribution in [1.29, 1.82) is 0 Å². The third-order valence-electron chi connectivity index (χ3n) is 3.32. The van der Waals surface area contributed by atoms with Crippen molar-refractivity contribution >= 4 is 0 Å². The fourth-order valence-electron chi connectivity index (χ4n) is 2.07. The van der Waals surface area contributed by atoms with Gasteiger partial charge in [0, 0.05) is 18.4 Å². The first-order chi connectivity index (χ1) is 7.76. The normalized spacial score (nSPS) is 13.0. The average molecular weight is 220 g/mol. The molecule has 1 aromatic rings. The molecule has 16 heavy (non-hydrogen) atoms. The van der Waals surface area contributed by atoms with E-state index in [9.17, 15) is 0 Å². The van der Waals surface area contributed by atoms with E-state index in [1.54, 1.807) is 0 Å². The first-order valence-electron chi connectivity index (χ1n) is 6.40. The van der Waals surface area contributed by atoms with Crippen molar-refractivity contribution in [1.82, 2.24) is 4.98 Å². The maximum Gasteiger partial charge on any atom is 0.0299 e. The van der Waals surface area contributed by atoms with Gasteiger partial charge in [-0.15, -0.1) is 0 Å². The zero-order valence-corrected chi connectivity index (χ0v) is 10.5. The highest BCUT2D eigenvalue weighted by molar-refractivity contribution is 5.08. The van der Waals surface area contributed by atoms with Crippen LogP contribution in [0.5, 0.6) is 0 Å². The van der Waals surface area contributed by atoms with Crippen LogP contribution in [0.2, 0.25) is 0 Å². The number of rotatable bonds is 7. The molecule has 2 nitrogen and oxygen atoms in total. The van der Waals surface area contributed by atoms with Crippen LogP contribution in [-0.2, 0) is 6.42 Å². The molecule has 1 heterocycles.